The molecule has 2 aromatic heterocycles. The Morgan fingerprint density at radius 3 is 2.80 bits per heavy atom. The lowest BCUT2D eigenvalue weighted by Gasteiger charge is -2.04. The van der Waals surface area contributed by atoms with Crippen LogP contribution in [0.1, 0.15) is 10.4 Å². The molecule has 1 N–H and O–H groups in total. The second-order valence-electron chi connectivity index (χ2n) is 3.99. The maximum absolute atomic E-state index is 12.1. The van der Waals surface area contributed by atoms with Crippen molar-refractivity contribution in [2.75, 3.05) is 5.32 Å². The lowest BCUT2D eigenvalue weighted by atomic mass is 10.2. The fraction of sp³-hybridized carbons (Fsp3) is 0. The van der Waals surface area contributed by atoms with Crippen molar-refractivity contribution in [3.8, 4) is 0 Å². The van der Waals surface area contributed by atoms with Gasteiger partial charge in [-0.25, -0.2) is 4.98 Å². The van der Waals surface area contributed by atoms with E-state index in [1.54, 1.807) is 23.7 Å². The summed E-state index contributed by atoms with van der Waals surface area (Å²) in [5, 5.41) is 4.45. The summed E-state index contributed by atoms with van der Waals surface area (Å²) >= 11 is 3.53. The smallest absolute Gasteiger partial charge is 0.271 e. The maximum Gasteiger partial charge on any atom is 0.271 e. The van der Waals surface area contributed by atoms with Crippen molar-refractivity contribution in [1.29, 1.82) is 0 Å². The fourth-order valence-corrected chi connectivity index (χ4v) is 2.75. The SMILES string of the molecule is O=C(Nc1ccc(I)cc1)c1cnc2sccn2c1=O. The number of hydrogen-bond donors (Lipinski definition) is 1. The van der Waals surface area contributed by atoms with Gasteiger partial charge in [0.15, 0.2) is 4.96 Å². The zero-order valence-electron chi connectivity index (χ0n) is 10.0. The molecule has 20 heavy (non-hydrogen) atoms. The van der Waals surface area contributed by atoms with E-state index in [0.29, 0.717) is 10.6 Å². The van der Waals surface area contributed by atoms with E-state index >= 15 is 0 Å². The van der Waals surface area contributed by atoms with Crippen molar-refractivity contribution in [3.63, 3.8) is 0 Å². The minimum absolute atomic E-state index is 0.0273. The average molecular weight is 397 g/mol. The van der Waals surface area contributed by atoms with Gasteiger partial charge in [0, 0.05) is 27.0 Å². The molecule has 7 heteroatoms. The van der Waals surface area contributed by atoms with E-state index in [1.807, 2.05) is 12.1 Å². The van der Waals surface area contributed by atoms with Crippen molar-refractivity contribution < 1.29 is 4.79 Å². The number of nitrogens with zero attached hydrogens (tertiary/aromatic N) is 2. The number of amides is 1. The first-order chi connectivity index (χ1) is 9.65. The molecule has 3 rings (SSSR count). The second kappa shape index (κ2) is 5.33. The van der Waals surface area contributed by atoms with Crippen molar-refractivity contribution in [3.05, 3.63) is 61.5 Å². The van der Waals surface area contributed by atoms with Crippen molar-refractivity contribution in [2.24, 2.45) is 0 Å². The zero-order chi connectivity index (χ0) is 14.1. The predicted octanol–water partition coefficient (Wildman–Crippen LogP) is 2.61. The summed E-state index contributed by atoms with van der Waals surface area (Å²) in [5.41, 5.74) is 0.309. The monoisotopic (exact) mass is 397 g/mol. The van der Waals surface area contributed by atoms with Crippen LogP contribution in [0.5, 0.6) is 0 Å². The zero-order valence-corrected chi connectivity index (χ0v) is 13.0. The van der Waals surface area contributed by atoms with Crippen LogP contribution in [-0.2, 0) is 0 Å². The quantitative estimate of drug-likeness (QED) is 0.677. The molecule has 2 heterocycles. The van der Waals surface area contributed by atoms with Crippen LogP contribution in [-0.4, -0.2) is 15.3 Å². The molecule has 0 saturated heterocycles. The van der Waals surface area contributed by atoms with Crippen LogP contribution in [0.3, 0.4) is 0 Å². The number of hydrogen-bond acceptors (Lipinski definition) is 4. The number of carbonyl (C=O) groups is 1. The molecular weight excluding hydrogens is 389 g/mol. The highest BCUT2D eigenvalue weighted by molar-refractivity contribution is 14.1. The van der Waals surface area contributed by atoms with Gasteiger partial charge in [0.2, 0.25) is 0 Å². The van der Waals surface area contributed by atoms with Gasteiger partial charge in [-0.05, 0) is 46.9 Å². The summed E-state index contributed by atoms with van der Waals surface area (Å²) in [5.74, 6) is -0.454. The maximum atomic E-state index is 12.1. The first-order valence-electron chi connectivity index (χ1n) is 5.67. The van der Waals surface area contributed by atoms with Gasteiger partial charge >= 0.3 is 0 Å². The molecule has 1 aromatic carbocycles. The molecule has 0 saturated carbocycles. The molecule has 0 aliphatic rings. The number of benzene rings is 1. The highest BCUT2D eigenvalue weighted by Crippen LogP contribution is 2.12. The number of aromatic nitrogens is 2. The second-order valence-corrected chi connectivity index (χ2v) is 6.11. The number of nitrogens with one attached hydrogen (secondary N) is 1. The number of anilines is 1. The molecule has 100 valence electrons. The lowest BCUT2D eigenvalue weighted by molar-refractivity contribution is 0.102. The minimum atomic E-state index is -0.454. The minimum Gasteiger partial charge on any atom is -0.322 e. The van der Waals surface area contributed by atoms with E-state index < -0.39 is 5.91 Å². The average Bonchev–Trinajstić information content (AvgIpc) is 2.91. The van der Waals surface area contributed by atoms with Gasteiger partial charge in [-0.2, -0.15) is 0 Å². The summed E-state index contributed by atoms with van der Waals surface area (Å²) in [7, 11) is 0. The Morgan fingerprint density at radius 2 is 2.05 bits per heavy atom. The molecule has 1 amide bonds. The van der Waals surface area contributed by atoms with Crippen LogP contribution in [0, 0.1) is 3.57 Å². The molecule has 0 spiro atoms. The van der Waals surface area contributed by atoms with Crippen molar-refractivity contribution >= 4 is 50.5 Å². The van der Waals surface area contributed by atoms with Gasteiger partial charge in [0.05, 0.1) is 0 Å². The lowest BCUT2D eigenvalue weighted by Crippen LogP contribution is -2.25. The molecular formula is C13H8IN3O2S. The molecule has 0 bridgehead atoms. The van der Waals surface area contributed by atoms with Gasteiger partial charge in [0.1, 0.15) is 5.56 Å². The van der Waals surface area contributed by atoms with E-state index in [0.717, 1.165) is 3.57 Å². The number of fused-ring (bicyclic) bond motifs is 1. The molecule has 3 aromatic rings. The number of thiazole rings is 1. The Hall–Kier alpha value is -1.74. The number of rotatable bonds is 2. The van der Waals surface area contributed by atoms with E-state index in [1.165, 1.54) is 21.9 Å². The highest BCUT2D eigenvalue weighted by Gasteiger charge is 2.13. The molecule has 0 aliphatic carbocycles. The van der Waals surface area contributed by atoms with Gasteiger partial charge in [-0.3, -0.25) is 14.0 Å². The standard InChI is InChI=1S/C13H8IN3O2S/c14-8-1-3-9(4-2-8)16-11(18)10-7-15-13-17(12(10)19)5-6-20-13/h1-7H,(H,16,18). The van der Waals surface area contributed by atoms with E-state index in [2.05, 4.69) is 32.9 Å². The van der Waals surface area contributed by atoms with Crippen LogP contribution in [0.25, 0.3) is 4.96 Å². The van der Waals surface area contributed by atoms with Crippen LogP contribution in [0.2, 0.25) is 0 Å². The Balaban J connectivity index is 1.94. The Morgan fingerprint density at radius 1 is 1.30 bits per heavy atom. The summed E-state index contributed by atoms with van der Waals surface area (Å²) in [4.78, 5) is 28.9. The van der Waals surface area contributed by atoms with Crippen molar-refractivity contribution in [1.82, 2.24) is 9.38 Å². The third kappa shape index (κ3) is 2.46. The summed E-state index contributed by atoms with van der Waals surface area (Å²) in [6.07, 6.45) is 2.92. The van der Waals surface area contributed by atoms with Crippen LogP contribution in [0.4, 0.5) is 5.69 Å². The Bertz CT molecular complexity index is 839. The molecule has 0 aliphatic heterocycles. The van der Waals surface area contributed by atoms with Crippen molar-refractivity contribution in [2.45, 2.75) is 0 Å². The fourth-order valence-electron chi connectivity index (χ4n) is 1.71. The van der Waals surface area contributed by atoms with Gasteiger partial charge < -0.3 is 5.32 Å². The van der Waals surface area contributed by atoms with Crippen LogP contribution < -0.4 is 10.9 Å². The van der Waals surface area contributed by atoms with Crippen LogP contribution >= 0.6 is 33.9 Å². The summed E-state index contributed by atoms with van der Waals surface area (Å²) in [6, 6.07) is 7.33. The third-order valence-corrected chi connectivity index (χ3v) is 4.18. The number of carbonyl (C=O) groups excluding carboxylic acids is 1. The molecule has 0 atom stereocenters. The van der Waals surface area contributed by atoms with E-state index in [9.17, 15) is 9.59 Å². The molecule has 5 nitrogen and oxygen atoms in total. The number of halogens is 1. The van der Waals surface area contributed by atoms with E-state index in [-0.39, 0.29) is 11.1 Å². The summed E-state index contributed by atoms with van der Waals surface area (Å²) in [6.45, 7) is 0. The van der Waals surface area contributed by atoms with Gasteiger partial charge in [0.25, 0.3) is 11.5 Å². The summed E-state index contributed by atoms with van der Waals surface area (Å²) < 4.78 is 2.44. The highest BCUT2D eigenvalue weighted by atomic mass is 127. The van der Waals surface area contributed by atoms with Crippen LogP contribution in [0.15, 0.2) is 46.8 Å². The topological polar surface area (TPSA) is 63.5 Å². The normalized spacial score (nSPS) is 10.7. The first kappa shape index (κ1) is 13.3. The van der Waals surface area contributed by atoms with Gasteiger partial charge in [-0.15, -0.1) is 11.3 Å². The predicted molar refractivity (Wildman–Crippen MR) is 86.5 cm³/mol. The first-order valence-corrected chi connectivity index (χ1v) is 7.63. The largest absolute Gasteiger partial charge is 0.322 e. The molecule has 0 unspecified atom stereocenters. The van der Waals surface area contributed by atoms with Gasteiger partial charge in [-0.1, -0.05) is 0 Å². The molecule has 0 radical (unpaired) electrons. The molecule has 0 fully saturated rings. The Kier molecular flexibility index (Phi) is 3.53. The third-order valence-electron chi connectivity index (χ3n) is 2.69. The Labute approximate surface area is 131 Å². The van der Waals surface area contributed by atoms with E-state index in [4.69, 9.17) is 0 Å².